The molecule has 0 aliphatic rings. The molecule has 0 saturated heterocycles. The van der Waals surface area contributed by atoms with Gasteiger partial charge in [-0.3, -0.25) is 0 Å². The van der Waals surface area contributed by atoms with Gasteiger partial charge in [0.15, 0.2) is 0 Å². The van der Waals surface area contributed by atoms with Crippen molar-refractivity contribution in [2.24, 2.45) is 0 Å². The Kier molecular flexibility index (Phi) is 10.8. The Morgan fingerprint density at radius 1 is 0.636 bits per heavy atom. The maximum atomic E-state index is 9.36. The molecule has 11 heteroatoms. The van der Waals surface area contributed by atoms with E-state index in [1.807, 2.05) is 0 Å². The molecular weight excluding hydrogens is 258 g/mol. The number of hydrogen-bond donors (Lipinski definition) is 0. The molecule has 0 fully saturated rings. The van der Waals surface area contributed by atoms with Crippen LogP contribution in [0.1, 0.15) is 0 Å². The van der Waals surface area contributed by atoms with Crippen LogP contribution in [0.4, 0.5) is 0 Å². The van der Waals surface area contributed by atoms with Gasteiger partial charge in [0.05, 0.1) is 0 Å². The second kappa shape index (κ2) is 6.36. The standard InChI is InChI=1S/O7Si2.2Sc/c1-8(2,3)7-9(4,5)6;;/q-6;2*+3. The summed E-state index contributed by atoms with van der Waals surface area (Å²) in [6, 6.07) is 0. The molecule has 0 N–H and O–H groups in total. The summed E-state index contributed by atoms with van der Waals surface area (Å²) < 4.78 is 2.57. The molecule has 0 unspecified atom stereocenters. The summed E-state index contributed by atoms with van der Waals surface area (Å²) in [4.78, 5) is 56.2. The average molecular weight is 258 g/mol. The summed E-state index contributed by atoms with van der Waals surface area (Å²) in [5.41, 5.74) is 0. The minimum absolute atomic E-state index is 0. The average Bonchev–Trinajstić information content (AvgIpc) is 1.14. The van der Waals surface area contributed by atoms with Gasteiger partial charge >= 0.3 is 51.7 Å². The summed E-state index contributed by atoms with van der Waals surface area (Å²) in [5, 5.41) is 0. The van der Waals surface area contributed by atoms with Crippen LogP contribution in [0.15, 0.2) is 0 Å². The Hall–Kier alpha value is 1.89. The summed E-state index contributed by atoms with van der Waals surface area (Å²) in [7, 11) is -11.8. The van der Waals surface area contributed by atoms with Crippen molar-refractivity contribution in [3.63, 3.8) is 0 Å². The SMILES string of the molecule is [O-][Si]([O-])([O-])O[Si]([O-])([O-])[O-].[Sc+3].[Sc+3]. The van der Waals surface area contributed by atoms with Gasteiger partial charge < -0.3 is 32.9 Å². The first-order valence-corrected chi connectivity index (χ1v) is 4.90. The van der Waals surface area contributed by atoms with Crippen molar-refractivity contribution >= 4 is 18.1 Å². The van der Waals surface area contributed by atoms with Gasteiger partial charge in [-0.1, -0.05) is 0 Å². The van der Waals surface area contributed by atoms with E-state index in [0.717, 1.165) is 0 Å². The van der Waals surface area contributed by atoms with Crippen LogP contribution in [0.3, 0.4) is 0 Å². The van der Waals surface area contributed by atoms with Crippen LogP contribution in [-0.2, 0) is 55.8 Å². The van der Waals surface area contributed by atoms with E-state index < -0.39 is 18.1 Å². The smallest absolute Gasteiger partial charge is 0.862 e. The fourth-order valence-corrected chi connectivity index (χ4v) is 1.38. The van der Waals surface area contributed by atoms with Crippen LogP contribution < -0.4 is 28.8 Å². The Balaban J connectivity index is -0.000000320. The molecule has 0 aliphatic carbocycles. The third-order valence-corrected chi connectivity index (χ3v) is 2.25. The molecule has 0 atom stereocenters. The third-order valence-electron chi connectivity index (χ3n) is 0.250. The van der Waals surface area contributed by atoms with Crippen molar-refractivity contribution < 1.29 is 84.6 Å². The predicted octanol–water partition coefficient (Wildman–Crippen LogP) is -7.97. The molecular formula is O7Sc2Si2. The second-order valence-electron chi connectivity index (χ2n) is 1.10. The van der Waals surface area contributed by atoms with Crippen molar-refractivity contribution in [1.29, 1.82) is 0 Å². The molecule has 0 aromatic heterocycles. The summed E-state index contributed by atoms with van der Waals surface area (Å²) in [6.07, 6.45) is 0. The monoisotopic (exact) mass is 258 g/mol. The zero-order chi connectivity index (χ0) is 7.71. The van der Waals surface area contributed by atoms with Crippen LogP contribution >= 0.6 is 0 Å². The fraction of sp³-hybridized carbons (Fsp3) is 0. The minimum atomic E-state index is -5.92. The Morgan fingerprint density at radius 3 is 0.818 bits per heavy atom. The van der Waals surface area contributed by atoms with Gasteiger partial charge in [0.1, 0.15) is 0 Å². The number of rotatable bonds is 2. The molecule has 0 aromatic rings. The topological polar surface area (TPSA) is 148 Å². The van der Waals surface area contributed by atoms with Gasteiger partial charge in [-0.05, 0) is 0 Å². The van der Waals surface area contributed by atoms with E-state index in [1.54, 1.807) is 0 Å². The van der Waals surface area contributed by atoms with Gasteiger partial charge in [-0.15, -0.1) is 18.1 Å². The molecule has 0 aliphatic heterocycles. The van der Waals surface area contributed by atoms with Gasteiger partial charge in [0.25, 0.3) is 0 Å². The Labute approximate surface area is 102 Å². The van der Waals surface area contributed by atoms with Crippen LogP contribution in [0.2, 0.25) is 0 Å². The third kappa shape index (κ3) is 18.7. The van der Waals surface area contributed by atoms with E-state index in [1.165, 1.54) is 0 Å². The van der Waals surface area contributed by atoms with E-state index in [-0.39, 0.29) is 51.7 Å². The van der Waals surface area contributed by atoms with Crippen LogP contribution in [-0.4, -0.2) is 18.1 Å². The zero-order valence-electron chi connectivity index (χ0n) is 5.01. The van der Waals surface area contributed by atoms with Crippen LogP contribution in [0.5, 0.6) is 0 Å². The van der Waals surface area contributed by atoms with Crippen molar-refractivity contribution in [3.05, 3.63) is 0 Å². The quantitative estimate of drug-likeness (QED) is 0.446. The molecule has 0 aromatic carbocycles. The normalized spacial score (nSPS) is 11.5. The van der Waals surface area contributed by atoms with Crippen molar-refractivity contribution in [2.75, 3.05) is 0 Å². The molecule has 0 bridgehead atoms. The van der Waals surface area contributed by atoms with E-state index >= 15 is 0 Å². The van der Waals surface area contributed by atoms with Gasteiger partial charge in [0.2, 0.25) is 0 Å². The zero-order valence-corrected chi connectivity index (χ0v) is 10.6. The van der Waals surface area contributed by atoms with Crippen LogP contribution in [0, 0.1) is 0 Å². The van der Waals surface area contributed by atoms with E-state index in [2.05, 4.69) is 4.12 Å². The predicted molar refractivity (Wildman–Crippen MR) is 12.6 cm³/mol. The molecule has 56 valence electrons. The number of hydrogen-bond acceptors (Lipinski definition) is 7. The van der Waals surface area contributed by atoms with E-state index in [9.17, 15) is 28.8 Å². The molecule has 0 saturated carbocycles. The Morgan fingerprint density at radius 2 is 0.818 bits per heavy atom. The van der Waals surface area contributed by atoms with Crippen molar-refractivity contribution in [1.82, 2.24) is 0 Å². The maximum absolute atomic E-state index is 9.36. The molecule has 0 rings (SSSR count). The first-order chi connectivity index (χ1) is 3.71. The van der Waals surface area contributed by atoms with Gasteiger partial charge in [-0.2, -0.15) is 0 Å². The summed E-state index contributed by atoms with van der Waals surface area (Å²) in [5.74, 6) is 0. The molecule has 0 radical (unpaired) electrons. The van der Waals surface area contributed by atoms with Crippen molar-refractivity contribution in [2.45, 2.75) is 0 Å². The maximum Gasteiger partial charge on any atom is 3.00 e. The molecule has 0 heterocycles. The van der Waals surface area contributed by atoms with E-state index in [0.29, 0.717) is 0 Å². The fourth-order valence-electron chi connectivity index (χ4n) is 0.153. The second-order valence-corrected chi connectivity index (χ2v) is 3.92. The van der Waals surface area contributed by atoms with Crippen LogP contribution in [0.25, 0.3) is 0 Å². The molecule has 0 amide bonds. The summed E-state index contributed by atoms with van der Waals surface area (Å²) >= 11 is 0. The summed E-state index contributed by atoms with van der Waals surface area (Å²) in [6.45, 7) is 0. The molecule has 0 spiro atoms. The minimum Gasteiger partial charge on any atom is -0.862 e. The van der Waals surface area contributed by atoms with E-state index in [4.69, 9.17) is 0 Å². The first kappa shape index (κ1) is 18.6. The van der Waals surface area contributed by atoms with Crippen molar-refractivity contribution in [3.8, 4) is 0 Å². The van der Waals surface area contributed by atoms with Gasteiger partial charge in [0, 0.05) is 0 Å². The van der Waals surface area contributed by atoms with Gasteiger partial charge in [-0.25, -0.2) is 0 Å². The Bertz CT molecular complexity index is 79.6. The molecule has 7 nitrogen and oxygen atoms in total. The largest absolute Gasteiger partial charge is 3.00 e. The molecule has 11 heavy (non-hydrogen) atoms. The first-order valence-electron chi connectivity index (χ1n) is 1.63.